The lowest BCUT2D eigenvalue weighted by Crippen LogP contribution is -1.97. The molecular weight excluding hydrogens is 316 g/mol. The summed E-state index contributed by atoms with van der Waals surface area (Å²) < 4.78 is 2.42. The molecule has 0 saturated carbocycles. The molecule has 0 spiro atoms. The molecule has 1 aliphatic carbocycles. The Bertz CT molecular complexity index is 1390. The van der Waals surface area contributed by atoms with Crippen molar-refractivity contribution in [2.24, 2.45) is 0 Å². The monoisotopic (exact) mass is 332 g/mol. The summed E-state index contributed by atoms with van der Waals surface area (Å²) in [5, 5.41) is 3.99. The first-order valence-corrected chi connectivity index (χ1v) is 8.98. The van der Waals surface area contributed by atoms with E-state index in [9.17, 15) is 0 Å². The van der Waals surface area contributed by atoms with Crippen LogP contribution in [0.3, 0.4) is 0 Å². The van der Waals surface area contributed by atoms with Gasteiger partial charge in [-0.05, 0) is 36.8 Å². The number of hydrogen-bond donors (Lipinski definition) is 0. The number of benzene rings is 2. The molecule has 2 nitrogen and oxygen atoms in total. The third-order valence-corrected chi connectivity index (χ3v) is 5.40. The molecule has 3 heterocycles. The zero-order valence-corrected chi connectivity index (χ0v) is 14.2. The Morgan fingerprint density at radius 2 is 1.73 bits per heavy atom. The van der Waals surface area contributed by atoms with Crippen LogP contribution in [0.15, 0.2) is 72.9 Å². The second-order valence-electron chi connectivity index (χ2n) is 6.82. The Kier molecular flexibility index (Phi) is 2.69. The van der Waals surface area contributed by atoms with Gasteiger partial charge in [-0.2, -0.15) is 0 Å². The summed E-state index contributed by atoms with van der Waals surface area (Å²) >= 11 is 0. The number of fused-ring (bicyclic) bond motifs is 6. The van der Waals surface area contributed by atoms with Crippen LogP contribution in [-0.4, -0.2) is 9.38 Å². The van der Waals surface area contributed by atoms with Crippen LogP contribution < -0.4 is 5.22 Å². The Hall–Kier alpha value is -3.39. The van der Waals surface area contributed by atoms with E-state index in [1.54, 1.807) is 0 Å². The van der Waals surface area contributed by atoms with Gasteiger partial charge < -0.3 is 4.40 Å². The maximum Gasteiger partial charge on any atom is 0.0702 e. The van der Waals surface area contributed by atoms with Gasteiger partial charge in [-0.1, -0.05) is 48.6 Å². The van der Waals surface area contributed by atoms with Crippen molar-refractivity contribution in [1.29, 1.82) is 0 Å². The van der Waals surface area contributed by atoms with E-state index in [0.29, 0.717) is 0 Å². The van der Waals surface area contributed by atoms with E-state index in [4.69, 9.17) is 0 Å². The second-order valence-corrected chi connectivity index (χ2v) is 6.82. The molecule has 0 unspecified atom stereocenters. The minimum Gasteiger partial charge on any atom is -0.308 e. The van der Waals surface area contributed by atoms with Crippen LogP contribution in [0.4, 0.5) is 0 Å². The minimum absolute atomic E-state index is 0.972. The lowest BCUT2D eigenvalue weighted by Gasteiger charge is -2.02. The van der Waals surface area contributed by atoms with E-state index in [2.05, 4.69) is 76.1 Å². The van der Waals surface area contributed by atoms with Gasteiger partial charge in [-0.25, -0.2) is 0 Å². The number of pyridine rings is 1. The number of rotatable bonds is 1. The van der Waals surface area contributed by atoms with E-state index in [1.807, 2.05) is 18.3 Å². The van der Waals surface area contributed by atoms with Crippen molar-refractivity contribution in [3.05, 3.63) is 83.7 Å². The molecule has 0 bridgehead atoms. The van der Waals surface area contributed by atoms with Gasteiger partial charge in [0.05, 0.1) is 22.2 Å². The molecule has 1 aliphatic rings. The molecule has 0 fully saturated rings. The van der Waals surface area contributed by atoms with Gasteiger partial charge in [-0.15, -0.1) is 0 Å². The third kappa shape index (κ3) is 1.73. The number of allylic oxidation sites excluding steroid dienone is 1. The van der Waals surface area contributed by atoms with Crippen LogP contribution >= 0.6 is 0 Å². The molecule has 0 aliphatic heterocycles. The first-order valence-electron chi connectivity index (χ1n) is 8.98. The summed E-state index contributed by atoms with van der Waals surface area (Å²) in [5.74, 6) is 0. The first-order chi connectivity index (χ1) is 12.9. The van der Waals surface area contributed by atoms with Gasteiger partial charge in [0.15, 0.2) is 0 Å². The highest BCUT2D eigenvalue weighted by atomic mass is 14.9. The number of para-hydroxylation sites is 1. The van der Waals surface area contributed by atoms with Gasteiger partial charge in [0.1, 0.15) is 0 Å². The molecule has 3 aromatic heterocycles. The van der Waals surface area contributed by atoms with E-state index in [1.165, 1.54) is 38.1 Å². The average molecular weight is 332 g/mol. The fourth-order valence-corrected chi connectivity index (χ4v) is 4.29. The number of hydrogen-bond acceptors (Lipinski definition) is 1. The summed E-state index contributed by atoms with van der Waals surface area (Å²) in [6, 6.07) is 21.5. The summed E-state index contributed by atoms with van der Waals surface area (Å²) in [7, 11) is 0. The predicted molar refractivity (Wildman–Crippen MR) is 109 cm³/mol. The summed E-state index contributed by atoms with van der Waals surface area (Å²) in [6.07, 6.45) is 9.72. The van der Waals surface area contributed by atoms with Crippen LogP contribution in [0, 0.1) is 0 Å². The zero-order chi connectivity index (χ0) is 17.1. The molecule has 122 valence electrons. The third-order valence-electron chi connectivity index (χ3n) is 5.40. The molecule has 0 atom stereocenters. The molecule has 2 heteroatoms. The highest BCUT2D eigenvalue weighted by molar-refractivity contribution is 6.07. The largest absolute Gasteiger partial charge is 0.308 e. The molecule has 0 amide bonds. The molecule has 2 aromatic carbocycles. The Morgan fingerprint density at radius 1 is 0.846 bits per heavy atom. The van der Waals surface area contributed by atoms with Gasteiger partial charge in [-0.3, -0.25) is 4.98 Å². The van der Waals surface area contributed by atoms with E-state index in [0.717, 1.165) is 17.7 Å². The molecular formula is C24H16N2. The lowest BCUT2D eigenvalue weighted by molar-refractivity contribution is 1.32. The van der Waals surface area contributed by atoms with Crippen molar-refractivity contribution in [3.8, 4) is 11.3 Å². The predicted octanol–water partition coefficient (Wildman–Crippen LogP) is 5.22. The van der Waals surface area contributed by atoms with Crippen molar-refractivity contribution in [1.82, 2.24) is 9.38 Å². The lowest BCUT2D eigenvalue weighted by atomic mass is 10.0. The van der Waals surface area contributed by atoms with Crippen molar-refractivity contribution >= 4 is 39.5 Å². The summed E-state index contributed by atoms with van der Waals surface area (Å²) in [4.78, 5) is 4.52. The van der Waals surface area contributed by atoms with E-state index >= 15 is 0 Å². The zero-order valence-electron chi connectivity index (χ0n) is 14.2. The smallest absolute Gasteiger partial charge is 0.0702 e. The molecule has 5 aromatic rings. The van der Waals surface area contributed by atoms with Crippen LogP contribution in [0.25, 0.3) is 50.7 Å². The van der Waals surface area contributed by atoms with Crippen molar-refractivity contribution in [2.45, 2.75) is 6.42 Å². The van der Waals surface area contributed by atoms with Gasteiger partial charge in [0.25, 0.3) is 0 Å². The molecule has 0 saturated heterocycles. The molecule has 26 heavy (non-hydrogen) atoms. The van der Waals surface area contributed by atoms with E-state index in [-0.39, 0.29) is 0 Å². The normalized spacial score (nSPS) is 13.4. The van der Waals surface area contributed by atoms with E-state index < -0.39 is 0 Å². The van der Waals surface area contributed by atoms with Crippen LogP contribution in [-0.2, 0) is 0 Å². The minimum atomic E-state index is 0.972. The standard InChI is InChI=1S/C24H16N2/c1-2-9-19-20-15-16(21-10-5-6-14-25-21)12-13-23(20)26-22-11-4-3-7-17(22)18(8-1)24(19)26/h2-15H,1H2. The Labute approximate surface area is 150 Å². The van der Waals surface area contributed by atoms with Crippen LogP contribution in [0.1, 0.15) is 12.0 Å². The van der Waals surface area contributed by atoms with Crippen LogP contribution in [0.2, 0.25) is 0 Å². The average Bonchev–Trinajstić information content (AvgIpc) is 3.08. The van der Waals surface area contributed by atoms with Gasteiger partial charge in [0, 0.05) is 33.3 Å². The van der Waals surface area contributed by atoms with Crippen molar-refractivity contribution in [2.75, 3.05) is 0 Å². The molecule has 0 N–H and O–H groups in total. The van der Waals surface area contributed by atoms with Crippen LogP contribution in [0.5, 0.6) is 0 Å². The topological polar surface area (TPSA) is 17.3 Å². The number of aromatic nitrogens is 2. The highest BCUT2D eigenvalue weighted by Gasteiger charge is 2.18. The SMILES string of the molecule is C1=Cc2c3cc(-c4ccccn4)ccc3n3c2c(c2ccccc23)=CC1. The van der Waals surface area contributed by atoms with Crippen molar-refractivity contribution in [3.63, 3.8) is 0 Å². The van der Waals surface area contributed by atoms with Crippen molar-refractivity contribution < 1.29 is 0 Å². The molecule has 0 radical (unpaired) electrons. The maximum absolute atomic E-state index is 4.52. The quantitative estimate of drug-likeness (QED) is 0.411. The molecule has 6 rings (SSSR count). The second kappa shape index (κ2) is 5.06. The Morgan fingerprint density at radius 3 is 2.65 bits per heavy atom. The van der Waals surface area contributed by atoms with Gasteiger partial charge >= 0.3 is 0 Å². The highest BCUT2D eigenvalue weighted by Crippen LogP contribution is 2.34. The summed E-state index contributed by atoms with van der Waals surface area (Å²) in [5.41, 5.74) is 7.37. The fraction of sp³-hybridized carbons (Fsp3) is 0.0417. The summed E-state index contributed by atoms with van der Waals surface area (Å²) in [6.45, 7) is 0. The number of nitrogens with zero attached hydrogens (tertiary/aromatic N) is 2. The maximum atomic E-state index is 4.52. The first kappa shape index (κ1) is 13.9. The van der Waals surface area contributed by atoms with Gasteiger partial charge in [0.2, 0.25) is 0 Å². The fourth-order valence-electron chi connectivity index (χ4n) is 4.29. The Balaban J connectivity index is 1.82.